The van der Waals surface area contributed by atoms with Gasteiger partial charge in [0.05, 0.1) is 42.5 Å². The van der Waals surface area contributed by atoms with Crippen LogP contribution in [0.15, 0.2) is 107 Å². The summed E-state index contributed by atoms with van der Waals surface area (Å²) in [6.45, 7) is 0.102. The first-order valence-electron chi connectivity index (χ1n) is 14.2. The van der Waals surface area contributed by atoms with Gasteiger partial charge >= 0.3 is 0 Å². The number of nitrogens with zero attached hydrogens (tertiary/aromatic N) is 5. The van der Waals surface area contributed by atoms with Gasteiger partial charge in [0.2, 0.25) is 5.91 Å². The van der Waals surface area contributed by atoms with Crippen LogP contribution in [-0.4, -0.2) is 50.2 Å². The number of hydrazone groups is 1. The highest BCUT2D eigenvalue weighted by atomic mass is 32.2. The van der Waals surface area contributed by atoms with Crippen molar-refractivity contribution in [2.24, 2.45) is 5.10 Å². The Morgan fingerprint density at radius 2 is 1.78 bits per heavy atom. The third-order valence-electron chi connectivity index (χ3n) is 7.23. The molecule has 0 radical (unpaired) electrons. The van der Waals surface area contributed by atoms with Gasteiger partial charge in [-0.25, -0.2) is 9.40 Å². The standard InChI is InChI=1S/C33H29FN6O3S2/c1-43-26-15-9-23(10-16-26)28-19-27(29-8-5-17-44-29)38-40(28)32(42)21-45-33-37-36-30(39(33)25-13-11-24(34)12-14-25)20-35-31(41)18-22-6-3-2-4-7-22/h2-17,28H,18-21H2,1H3,(H,35,41). The Hall–Kier alpha value is -4.81. The zero-order valence-electron chi connectivity index (χ0n) is 24.3. The normalized spacial score (nSPS) is 14.3. The topological polar surface area (TPSA) is 102 Å². The van der Waals surface area contributed by atoms with Gasteiger partial charge in [-0.05, 0) is 59.0 Å². The molecule has 45 heavy (non-hydrogen) atoms. The molecule has 1 atom stereocenters. The molecule has 1 unspecified atom stereocenters. The molecule has 0 saturated carbocycles. The fraction of sp³-hybridized carbons (Fsp3) is 0.182. The Balaban J connectivity index is 1.21. The lowest BCUT2D eigenvalue weighted by Gasteiger charge is -2.22. The van der Waals surface area contributed by atoms with E-state index in [0.29, 0.717) is 23.1 Å². The van der Waals surface area contributed by atoms with Gasteiger partial charge in [0, 0.05) is 12.1 Å². The number of carbonyl (C=O) groups is 2. The van der Waals surface area contributed by atoms with E-state index in [1.165, 1.54) is 23.9 Å². The number of carbonyl (C=O) groups excluding carboxylic acids is 2. The summed E-state index contributed by atoms with van der Waals surface area (Å²) in [5.74, 6) is 0.473. The van der Waals surface area contributed by atoms with E-state index in [2.05, 4.69) is 15.5 Å². The first kappa shape index (κ1) is 30.2. The van der Waals surface area contributed by atoms with Crippen LogP contribution in [0.3, 0.4) is 0 Å². The van der Waals surface area contributed by atoms with Gasteiger partial charge in [0.1, 0.15) is 11.6 Å². The first-order valence-corrected chi connectivity index (χ1v) is 16.1. The first-order chi connectivity index (χ1) is 22.0. The number of methoxy groups -OCH3 is 1. The molecule has 0 saturated heterocycles. The second-order valence-electron chi connectivity index (χ2n) is 10.2. The van der Waals surface area contributed by atoms with E-state index in [9.17, 15) is 14.0 Å². The third kappa shape index (κ3) is 7.13. The maximum atomic E-state index is 13.8. The van der Waals surface area contributed by atoms with Crippen LogP contribution >= 0.6 is 23.1 Å². The van der Waals surface area contributed by atoms with Crippen LogP contribution in [0.1, 0.15) is 34.3 Å². The minimum atomic E-state index is -0.382. The summed E-state index contributed by atoms with van der Waals surface area (Å²) in [6.07, 6.45) is 0.808. The summed E-state index contributed by atoms with van der Waals surface area (Å²) in [5, 5.41) is 20.3. The summed E-state index contributed by atoms with van der Waals surface area (Å²) in [6, 6.07) is 26.7. The number of halogens is 1. The monoisotopic (exact) mass is 640 g/mol. The number of thiophene rings is 1. The highest BCUT2D eigenvalue weighted by molar-refractivity contribution is 7.99. The van der Waals surface area contributed by atoms with Crippen molar-refractivity contribution in [3.8, 4) is 11.4 Å². The van der Waals surface area contributed by atoms with Crippen molar-refractivity contribution in [2.45, 2.75) is 30.6 Å². The predicted octanol–water partition coefficient (Wildman–Crippen LogP) is 5.81. The van der Waals surface area contributed by atoms with E-state index in [0.717, 1.165) is 27.5 Å². The van der Waals surface area contributed by atoms with Crippen molar-refractivity contribution in [3.63, 3.8) is 0 Å². The molecule has 2 aromatic heterocycles. The van der Waals surface area contributed by atoms with E-state index in [-0.39, 0.29) is 42.4 Å². The van der Waals surface area contributed by atoms with Crippen molar-refractivity contribution in [1.29, 1.82) is 0 Å². The number of rotatable bonds is 11. The van der Waals surface area contributed by atoms with E-state index in [4.69, 9.17) is 9.84 Å². The van der Waals surface area contributed by atoms with Gasteiger partial charge in [-0.3, -0.25) is 14.2 Å². The summed E-state index contributed by atoms with van der Waals surface area (Å²) < 4.78 is 20.8. The lowest BCUT2D eigenvalue weighted by atomic mass is 10.0. The fourth-order valence-electron chi connectivity index (χ4n) is 4.99. The zero-order chi connectivity index (χ0) is 31.2. The minimum absolute atomic E-state index is 0.0353. The number of benzene rings is 3. The van der Waals surface area contributed by atoms with Crippen LogP contribution in [0.4, 0.5) is 4.39 Å². The average Bonchev–Trinajstić information content (AvgIpc) is 3.84. The molecule has 12 heteroatoms. The summed E-state index contributed by atoms with van der Waals surface area (Å²) in [4.78, 5) is 27.4. The molecule has 5 aromatic rings. The Morgan fingerprint density at radius 3 is 2.49 bits per heavy atom. The number of amides is 2. The number of nitrogens with one attached hydrogen (secondary N) is 1. The minimum Gasteiger partial charge on any atom is -0.497 e. The molecule has 1 aliphatic rings. The largest absolute Gasteiger partial charge is 0.497 e. The molecule has 0 fully saturated rings. The van der Waals surface area contributed by atoms with E-state index in [1.54, 1.807) is 40.2 Å². The molecule has 1 N–H and O–H groups in total. The second kappa shape index (κ2) is 13.9. The summed E-state index contributed by atoms with van der Waals surface area (Å²) in [7, 11) is 1.62. The maximum absolute atomic E-state index is 13.8. The van der Waals surface area contributed by atoms with Gasteiger partial charge in [-0.15, -0.1) is 21.5 Å². The average molecular weight is 641 g/mol. The molecule has 228 valence electrons. The molecule has 0 bridgehead atoms. The molecule has 1 aliphatic heterocycles. The fourth-order valence-corrected chi connectivity index (χ4v) is 6.53. The second-order valence-corrected chi connectivity index (χ2v) is 12.1. The SMILES string of the molecule is COc1ccc(C2CC(c3cccs3)=NN2C(=O)CSc2nnc(CNC(=O)Cc3ccccc3)n2-c2ccc(F)cc2)cc1. The lowest BCUT2D eigenvalue weighted by Crippen LogP contribution is -2.28. The number of hydrogen-bond donors (Lipinski definition) is 1. The summed E-state index contributed by atoms with van der Waals surface area (Å²) >= 11 is 2.79. The Morgan fingerprint density at radius 1 is 1.00 bits per heavy atom. The highest BCUT2D eigenvalue weighted by Gasteiger charge is 2.33. The molecule has 0 aliphatic carbocycles. The maximum Gasteiger partial charge on any atom is 0.253 e. The van der Waals surface area contributed by atoms with E-state index >= 15 is 0 Å². The summed E-state index contributed by atoms with van der Waals surface area (Å²) in [5.41, 5.74) is 3.31. The number of aromatic nitrogens is 3. The van der Waals surface area contributed by atoms with Crippen LogP contribution in [0.25, 0.3) is 5.69 Å². The smallest absolute Gasteiger partial charge is 0.253 e. The lowest BCUT2D eigenvalue weighted by molar-refractivity contribution is -0.130. The molecule has 9 nitrogen and oxygen atoms in total. The van der Waals surface area contributed by atoms with Crippen molar-refractivity contribution < 1.29 is 18.7 Å². The Kier molecular flexibility index (Phi) is 9.32. The third-order valence-corrected chi connectivity index (χ3v) is 9.07. The van der Waals surface area contributed by atoms with Crippen molar-refractivity contribution >= 4 is 40.6 Å². The van der Waals surface area contributed by atoms with Crippen LogP contribution < -0.4 is 10.1 Å². The van der Waals surface area contributed by atoms with E-state index in [1.807, 2.05) is 72.1 Å². The van der Waals surface area contributed by atoms with Crippen LogP contribution in [0.5, 0.6) is 5.75 Å². The molecular weight excluding hydrogens is 612 g/mol. The van der Waals surface area contributed by atoms with Gasteiger partial charge in [0.15, 0.2) is 11.0 Å². The Labute approximate surface area is 267 Å². The van der Waals surface area contributed by atoms with Gasteiger partial charge in [-0.2, -0.15) is 5.10 Å². The van der Waals surface area contributed by atoms with Gasteiger partial charge in [-0.1, -0.05) is 60.3 Å². The molecule has 3 aromatic carbocycles. The number of ether oxygens (including phenoxy) is 1. The van der Waals surface area contributed by atoms with Crippen LogP contribution in [0.2, 0.25) is 0 Å². The van der Waals surface area contributed by atoms with Crippen LogP contribution in [0, 0.1) is 5.82 Å². The van der Waals surface area contributed by atoms with Crippen molar-refractivity contribution in [3.05, 3.63) is 124 Å². The van der Waals surface area contributed by atoms with Crippen molar-refractivity contribution in [1.82, 2.24) is 25.1 Å². The number of hydrogen-bond acceptors (Lipinski definition) is 8. The quantitative estimate of drug-likeness (QED) is 0.183. The van der Waals surface area contributed by atoms with Crippen molar-refractivity contribution in [2.75, 3.05) is 12.9 Å². The van der Waals surface area contributed by atoms with Crippen LogP contribution in [-0.2, 0) is 22.6 Å². The molecule has 0 spiro atoms. The number of thioether (sulfide) groups is 1. The van der Waals surface area contributed by atoms with Gasteiger partial charge in [0.25, 0.3) is 5.91 Å². The molecular formula is C33H29FN6O3S2. The zero-order valence-corrected chi connectivity index (χ0v) is 25.9. The predicted molar refractivity (Wildman–Crippen MR) is 172 cm³/mol. The Bertz CT molecular complexity index is 1790. The molecule has 3 heterocycles. The highest BCUT2D eigenvalue weighted by Crippen LogP contribution is 2.35. The molecule has 2 amide bonds. The molecule has 6 rings (SSSR count). The van der Waals surface area contributed by atoms with E-state index < -0.39 is 0 Å². The van der Waals surface area contributed by atoms with Gasteiger partial charge < -0.3 is 10.1 Å².